The molecule has 1 aromatic heterocycles. The summed E-state index contributed by atoms with van der Waals surface area (Å²) in [5.74, 6) is 1.13. The third-order valence-electron chi connectivity index (χ3n) is 8.77. The van der Waals surface area contributed by atoms with E-state index in [1.165, 1.54) is 5.57 Å². The zero-order valence-corrected chi connectivity index (χ0v) is 20.7. The number of piperazine rings is 1. The fraction of sp³-hybridized carbons (Fsp3) is 0.593. The molecule has 0 bridgehead atoms. The average Bonchev–Trinajstić information content (AvgIpc) is 3.52. The van der Waals surface area contributed by atoms with Gasteiger partial charge in [-0.15, -0.1) is 0 Å². The molecule has 6 atom stereocenters. The Balaban J connectivity index is 1.18. The number of phenols is 1. The number of hydrogen-bond donors (Lipinski definition) is 4. The van der Waals surface area contributed by atoms with Crippen molar-refractivity contribution in [3.63, 3.8) is 0 Å². The number of halogens is 1. The molecule has 4 N–H and O–H groups in total. The van der Waals surface area contributed by atoms with Gasteiger partial charge in [-0.3, -0.25) is 10.3 Å². The summed E-state index contributed by atoms with van der Waals surface area (Å²) < 4.78 is 15.9. The molecule has 35 heavy (non-hydrogen) atoms. The van der Waals surface area contributed by atoms with Crippen LogP contribution >= 0.6 is 0 Å². The minimum atomic E-state index is -0.995. The van der Waals surface area contributed by atoms with E-state index < -0.39 is 6.17 Å². The Morgan fingerprint density at radius 2 is 2.06 bits per heavy atom. The summed E-state index contributed by atoms with van der Waals surface area (Å²) in [6.45, 7) is 6.49. The maximum atomic E-state index is 15.9. The zero-order valence-electron chi connectivity index (χ0n) is 20.7. The van der Waals surface area contributed by atoms with Crippen molar-refractivity contribution in [2.45, 2.75) is 62.8 Å². The smallest absolute Gasteiger partial charge is 0.125 e. The van der Waals surface area contributed by atoms with E-state index in [4.69, 9.17) is 4.98 Å². The Morgan fingerprint density at radius 3 is 2.91 bits per heavy atom. The number of aryl methyl sites for hydroxylation is 1. The van der Waals surface area contributed by atoms with Gasteiger partial charge in [-0.05, 0) is 61.6 Å². The Kier molecular flexibility index (Phi) is 6.16. The number of imidazole rings is 1. The molecule has 0 radical (unpaired) electrons. The van der Waals surface area contributed by atoms with Crippen LogP contribution in [-0.2, 0) is 6.42 Å². The third-order valence-corrected chi connectivity index (χ3v) is 8.77. The summed E-state index contributed by atoms with van der Waals surface area (Å²) >= 11 is 0. The van der Waals surface area contributed by atoms with Gasteiger partial charge in [0.25, 0.3) is 0 Å². The van der Waals surface area contributed by atoms with Crippen LogP contribution in [0.25, 0.3) is 5.57 Å². The monoisotopic (exact) mass is 480 g/mol. The first kappa shape index (κ1) is 23.2. The molecule has 2 aromatic rings. The number of phenolic OH excluding ortho intramolecular Hbond substituents is 1. The molecule has 3 aliphatic heterocycles. The lowest BCUT2D eigenvalue weighted by molar-refractivity contribution is 0.113. The highest BCUT2D eigenvalue weighted by atomic mass is 19.1. The first-order valence-corrected chi connectivity index (χ1v) is 13.2. The minimum absolute atomic E-state index is 0.0279. The fourth-order valence-corrected chi connectivity index (χ4v) is 6.80. The summed E-state index contributed by atoms with van der Waals surface area (Å²) in [6.07, 6.45) is 6.91. The number of hydrogen-bond acceptors (Lipinski definition) is 6. The van der Waals surface area contributed by atoms with Crippen molar-refractivity contribution in [3.05, 3.63) is 53.1 Å². The molecule has 1 aromatic carbocycles. The van der Waals surface area contributed by atoms with Gasteiger partial charge in [0.15, 0.2) is 0 Å². The normalized spacial score (nSPS) is 33.9. The van der Waals surface area contributed by atoms with Crippen LogP contribution in [0.3, 0.4) is 0 Å². The fourth-order valence-electron chi connectivity index (χ4n) is 6.80. The standard InChI is InChI=1S/C27H37FN6O/c1-3-16-13-19(35)4-5-20(16)21-6-7-22-25(24(21)28)31-32-26(22)27-29-14-23(30-27)17-8-9-34-11-10-33(2)15-18(34)12-17/h4-5,12-14,18,21-22,24-26,31-32,35H,3,6-11,15H2,1-2H3,(H,29,30). The number of aromatic nitrogens is 2. The third kappa shape index (κ3) is 4.20. The molecule has 4 heterocycles. The van der Waals surface area contributed by atoms with Gasteiger partial charge in [-0.25, -0.2) is 14.8 Å². The van der Waals surface area contributed by atoms with E-state index in [2.05, 4.69) is 45.7 Å². The number of benzene rings is 1. The number of aromatic hydroxyl groups is 1. The molecule has 188 valence electrons. The highest BCUT2D eigenvalue weighted by Gasteiger charge is 2.48. The van der Waals surface area contributed by atoms with Crippen molar-refractivity contribution in [3.8, 4) is 5.75 Å². The van der Waals surface area contributed by atoms with E-state index in [1.54, 1.807) is 12.1 Å². The van der Waals surface area contributed by atoms with Crippen molar-refractivity contribution in [1.29, 1.82) is 0 Å². The molecule has 6 rings (SSSR count). The van der Waals surface area contributed by atoms with Crippen LogP contribution in [0.2, 0.25) is 0 Å². The molecular weight excluding hydrogens is 443 g/mol. The second-order valence-electron chi connectivity index (χ2n) is 10.8. The summed E-state index contributed by atoms with van der Waals surface area (Å²) in [5, 5.41) is 9.87. The molecular formula is C27H37FN6O. The molecule has 1 aliphatic carbocycles. The number of nitrogens with one attached hydrogen (secondary N) is 3. The number of H-pyrrole nitrogens is 1. The highest BCUT2D eigenvalue weighted by molar-refractivity contribution is 5.64. The van der Waals surface area contributed by atoms with Gasteiger partial charge < -0.3 is 15.0 Å². The van der Waals surface area contributed by atoms with E-state index in [-0.39, 0.29) is 29.7 Å². The quantitative estimate of drug-likeness (QED) is 0.539. The molecule has 1 saturated carbocycles. The van der Waals surface area contributed by atoms with Gasteiger partial charge >= 0.3 is 0 Å². The van der Waals surface area contributed by atoms with Gasteiger partial charge in [0.05, 0.1) is 24.0 Å². The van der Waals surface area contributed by atoms with Gasteiger partial charge in [0, 0.05) is 44.1 Å². The van der Waals surface area contributed by atoms with E-state index in [1.807, 2.05) is 12.3 Å². The maximum absolute atomic E-state index is 15.9. The van der Waals surface area contributed by atoms with E-state index in [9.17, 15) is 5.11 Å². The number of likely N-dealkylation sites (N-methyl/N-ethyl adjacent to an activating group) is 1. The second kappa shape index (κ2) is 9.32. The van der Waals surface area contributed by atoms with Crippen LogP contribution in [0.1, 0.15) is 60.8 Å². The zero-order chi connectivity index (χ0) is 24.1. The summed E-state index contributed by atoms with van der Waals surface area (Å²) in [7, 11) is 2.19. The van der Waals surface area contributed by atoms with Crippen molar-refractivity contribution in [2.24, 2.45) is 5.92 Å². The molecule has 6 unspecified atom stereocenters. The maximum Gasteiger partial charge on any atom is 0.125 e. The number of alkyl halides is 1. The average molecular weight is 481 g/mol. The van der Waals surface area contributed by atoms with Crippen LogP contribution in [-0.4, -0.2) is 76.4 Å². The highest BCUT2D eigenvalue weighted by Crippen LogP contribution is 2.45. The Bertz CT molecular complexity index is 1100. The molecule has 3 fully saturated rings. The molecule has 0 amide bonds. The molecule has 2 saturated heterocycles. The predicted octanol–water partition coefficient (Wildman–Crippen LogP) is 3.13. The van der Waals surface area contributed by atoms with Gasteiger partial charge in [-0.2, -0.15) is 0 Å². The second-order valence-corrected chi connectivity index (χ2v) is 10.8. The van der Waals surface area contributed by atoms with Crippen LogP contribution in [0, 0.1) is 5.92 Å². The lowest BCUT2D eigenvalue weighted by Gasteiger charge is -2.41. The van der Waals surface area contributed by atoms with Crippen molar-refractivity contribution in [1.82, 2.24) is 30.6 Å². The van der Waals surface area contributed by atoms with Crippen molar-refractivity contribution < 1.29 is 9.50 Å². The van der Waals surface area contributed by atoms with Crippen LogP contribution < -0.4 is 10.9 Å². The van der Waals surface area contributed by atoms with Gasteiger partial charge in [-0.1, -0.05) is 19.1 Å². The van der Waals surface area contributed by atoms with E-state index in [0.29, 0.717) is 6.04 Å². The molecule has 0 spiro atoms. The largest absolute Gasteiger partial charge is 0.508 e. The summed E-state index contributed by atoms with van der Waals surface area (Å²) in [4.78, 5) is 13.3. The molecule has 7 nitrogen and oxygen atoms in total. The lowest BCUT2D eigenvalue weighted by Crippen LogP contribution is -2.52. The van der Waals surface area contributed by atoms with Crippen LogP contribution in [0.15, 0.2) is 30.5 Å². The number of aromatic amines is 1. The Labute approximate surface area is 206 Å². The van der Waals surface area contributed by atoms with Gasteiger partial charge in [0.2, 0.25) is 0 Å². The SMILES string of the molecule is CCc1cc(O)ccc1C1CCC2C(c3ncc(C4=CC5CN(C)CCN5CC4)[nH]3)NNC2C1F. The van der Waals surface area contributed by atoms with E-state index >= 15 is 4.39 Å². The lowest BCUT2D eigenvalue weighted by atomic mass is 9.71. The molecule has 4 aliphatic rings. The van der Waals surface area contributed by atoms with Crippen molar-refractivity contribution in [2.75, 3.05) is 33.2 Å². The van der Waals surface area contributed by atoms with Gasteiger partial charge in [0.1, 0.15) is 17.7 Å². The van der Waals surface area contributed by atoms with Crippen molar-refractivity contribution >= 4 is 5.57 Å². The first-order valence-electron chi connectivity index (χ1n) is 13.2. The van der Waals surface area contributed by atoms with Crippen LogP contribution in [0.4, 0.5) is 4.39 Å². The minimum Gasteiger partial charge on any atom is -0.508 e. The number of rotatable bonds is 4. The molecule has 8 heteroatoms. The topological polar surface area (TPSA) is 79.5 Å². The predicted molar refractivity (Wildman–Crippen MR) is 135 cm³/mol. The first-order chi connectivity index (χ1) is 17.0. The number of fused-ring (bicyclic) bond motifs is 2. The van der Waals surface area contributed by atoms with Crippen LogP contribution in [0.5, 0.6) is 5.75 Å². The number of nitrogens with zero attached hydrogens (tertiary/aromatic N) is 3. The summed E-state index contributed by atoms with van der Waals surface area (Å²) in [5.41, 5.74) is 11.2. The Hall–Kier alpha value is -2.26. The number of hydrazine groups is 1. The van der Waals surface area contributed by atoms with E-state index in [0.717, 1.165) is 74.5 Å². The Morgan fingerprint density at radius 1 is 1.17 bits per heavy atom. The summed E-state index contributed by atoms with van der Waals surface area (Å²) in [6, 6.07) is 5.56.